The molecule has 4 rings (SSSR count). The predicted octanol–water partition coefficient (Wildman–Crippen LogP) is 8.64. The highest BCUT2D eigenvalue weighted by molar-refractivity contribution is 5.52. The first-order valence-electron chi connectivity index (χ1n) is 16.1. The zero-order chi connectivity index (χ0) is 30.4. The molecule has 0 amide bonds. The third-order valence-corrected chi connectivity index (χ3v) is 9.08. The molecule has 2 atom stereocenters. The molecule has 2 aliphatic heterocycles. The molecular formula is C36H52F3N3. The van der Waals surface area contributed by atoms with Gasteiger partial charge in [-0.25, -0.2) is 13.2 Å². The second-order valence-corrected chi connectivity index (χ2v) is 13.4. The standard InChI is InChI=1S/C36H52F3N3/c1-7-9-17-40(16-8-2)24-28-12-10-18-41(19-11-13-28)30-22-32(37)34(33(38)23-30)35-31-15-14-26(3)20-29(31)21-27(4)42(35)25-36(5,6)39/h8,14-15,20,22-23,27-28,35H,2,7,9-13,16-19,21,24-25H2,1,3-6H3/t27-,35?/m1/s1. The monoisotopic (exact) mass is 583 g/mol. The van der Waals surface area contributed by atoms with Gasteiger partial charge in [0.1, 0.15) is 17.3 Å². The molecule has 232 valence electrons. The van der Waals surface area contributed by atoms with E-state index in [9.17, 15) is 0 Å². The number of benzene rings is 2. The molecule has 0 spiro atoms. The van der Waals surface area contributed by atoms with Crippen molar-refractivity contribution in [1.82, 2.24) is 9.80 Å². The molecule has 0 saturated carbocycles. The number of nitrogens with zero attached hydrogens (tertiary/aromatic N) is 3. The van der Waals surface area contributed by atoms with Crippen molar-refractivity contribution in [3.05, 3.63) is 76.9 Å². The lowest BCUT2D eigenvalue weighted by molar-refractivity contribution is 0.0652. The van der Waals surface area contributed by atoms with Crippen LogP contribution in [-0.2, 0) is 6.42 Å². The van der Waals surface area contributed by atoms with E-state index in [1.165, 1.54) is 38.8 Å². The Kier molecular flexibility index (Phi) is 11.2. The summed E-state index contributed by atoms with van der Waals surface area (Å²) >= 11 is 0. The van der Waals surface area contributed by atoms with E-state index in [-0.39, 0.29) is 18.2 Å². The Labute approximate surface area is 252 Å². The maximum absolute atomic E-state index is 16.1. The molecule has 2 aliphatic rings. The number of aryl methyl sites for hydroxylation is 1. The van der Waals surface area contributed by atoms with E-state index in [0.717, 1.165) is 81.5 Å². The number of anilines is 1. The SMILES string of the molecule is C=CCN(CCCC)CC1CCCN(c2cc(F)c(C3c4ccc(C)cc4C[C@@H](C)N3CC(C)(C)F)c(F)c2)CCC1. The van der Waals surface area contributed by atoms with Crippen molar-refractivity contribution in [2.45, 2.75) is 97.3 Å². The van der Waals surface area contributed by atoms with E-state index in [1.54, 1.807) is 0 Å². The fourth-order valence-electron chi connectivity index (χ4n) is 7.09. The molecule has 2 heterocycles. The van der Waals surface area contributed by atoms with Gasteiger partial charge in [0, 0.05) is 50.0 Å². The van der Waals surface area contributed by atoms with Crippen molar-refractivity contribution in [1.29, 1.82) is 0 Å². The molecular weight excluding hydrogens is 531 g/mol. The summed E-state index contributed by atoms with van der Waals surface area (Å²) in [5, 5.41) is 0. The first kappa shape index (κ1) is 32.6. The predicted molar refractivity (Wildman–Crippen MR) is 170 cm³/mol. The fraction of sp³-hybridized carbons (Fsp3) is 0.611. The first-order valence-corrected chi connectivity index (χ1v) is 16.1. The average molecular weight is 584 g/mol. The summed E-state index contributed by atoms with van der Waals surface area (Å²) in [7, 11) is 0. The molecule has 1 unspecified atom stereocenters. The number of fused-ring (bicyclic) bond motifs is 1. The summed E-state index contributed by atoms with van der Waals surface area (Å²) in [5.41, 5.74) is 2.21. The van der Waals surface area contributed by atoms with Crippen molar-refractivity contribution in [3.8, 4) is 0 Å². The highest BCUT2D eigenvalue weighted by Gasteiger charge is 2.39. The van der Waals surface area contributed by atoms with Gasteiger partial charge in [-0.2, -0.15) is 0 Å². The molecule has 0 bridgehead atoms. The second-order valence-electron chi connectivity index (χ2n) is 13.4. The molecule has 1 fully saturated rings. The molecule has 42 heavy (non-hydrogen) atoms. The van der Waals surface area contributed by atoms with Crippen molar-refractivity contribution in [3.63, 3.8) is 0 Å². The minimum atomic E-state index is -1.50. The normalized spacial score (nSPS) is 20.8. The molecule has 0 aromatic heterocycles. The summed E-state index contributed by atoms with van der Waals surface area (Å²) in [5.74, 6) is -0.455. The minimum Gasteiger partial charge on any atom is -0.371 e. The third kappa shape index (κ3) is 8.19. The smallest absolute Gasteiger partial charge is 0.133 e. The quantitative estimate of drug-likeness (QED) is 0.245. The number of unbranched alkanes of at least 4 members (excludes halogenated alkanes) is 1. The lowest BCUT2D eigenvalue weighted by Crippen LogP contribution is -2.48. The largest absolute Gasteiger partial charge is 0.371 e. The van der Waals surface area contributed by atoms with Crippen molar-refractivity contribution in [2.75, 3.05) is 44.2 Å². The zero-order valence-electron chi connectivity index (χ0n) is 26.6. The van der Waals surface area contributed by atoms with Gasteiger partial charge in [0.2, 0.25) is 0 Å². The van der Waals surface area contributed by atoms with E-state index in [4.69, 9.17) is 0 Å². The van der Waals surface area contributed by atoms with Crippen LogP contribution >= 0.6 is 0 Å². The Balaban J connectivity index is 1.55. The van der Waals surface area contributed by atoms with Crippen LogP contribution in [0.1, 0.15) is 94.5 Å². The van der Waals surface area contributed by atoms with Gasteiger partial charge in [0.15, 0.2) is 0 Å². The fourth-order valence-corrected chi connectivity index (χ4v) is 7.09. The number of hydrogen-bond acceptors (Lipinski definition) is 3. The van der Waals surface area contributed by atoms with E-state index >= 15 is 13.2 Å². The molecule has 0 N–H and O–H groups in total. The van der Waals surface area contributed by atoms with Gasteiger partial charge in [0.05, 0.1) is 6.04 Å². The van der Waals surface area contributed by atoms with E-state index in [2.05, 4.69) is 29.4 Å². The minimum absolute atomic E-state index is 0.0288. The van der Waals surface area contributed by atoms with Crippen LogP contribution in [0.3, 0.4) is 0 Å². The van der Waals surface area contributed by atoms with Gasteiger partial charge in [-0.1, -0.05) is 43.2 Å². The first-order chi connectivity index (χ1) is 20.0. The van der Waals surface area contributed by atoms with Crippen LogP contribution in [0.5, 0.6) is 0 Å². The van der Waals surface area contributed by atoms with E-state index in [0.29, 0.717) is 11.6 Å². The van der Waals surface area contributed by atoms with E-state index < -0.39 is 23.3 Å². The summed E-state index contributed by atoms with van der Waals surface area (Å²) in [6.07, 6.45) is 9.34. The topological polar surface area (TPSA) is 9.72 Å². The Hall–Kier alpha value is -2.31. The van der Waals surface area contributed by atoms with Gasteiger partial charge in [-0.05, 0) is 102 Å². The molecule has 1 saturated heterocycles. The molecule has 6 heteroatoms. The summed E-state index contributed by atoms with van der Waals surface area (Å²) in [6, 6.07) is 8.37. The van der Waals surface area contributed by atoms with Crippen LogP contribution in [0, 0.1) is 24.5 Å². The highest BCUT2D eigenvalue weighted by atomic mass is 19.1. The maximum Gasteiger partial charge on any atom is 0.133 e. The van der Waals surface area contributed by atoms with Crippen LogP contribution in [0.4, 0.5) is 18.9 Å². The second kappa shape index (κ2) is 14.4. The van der Waals surface area contributed by atoms with Crippen LogP contribution < -0.4 is 4.90 Å². The lowest BCUT2D eigenvalue weighted by atomic mass is 9.83. The summed E-state index contributed by atoms with van der Waals surface area (Å²) in [6.45, 7) is 18.1. The Morgan fingerprint density at radius 2 is 1.74 bits per heavy atom. The average Bonchev–Trinajstić information content (AvgIpc) is 2.89. The van der Waals surface area contributed by atoms with Gasteiger partial charge >= 0.3 is 0 Å². The van der Waals surface area contributed by atoms with Crippen molar-refractivity contribution in [2.24, 2.45) is 5.92 Å². The third-order valence-electron chi connectivity index (χ3n) is 9.08. The van der Waals surface area contributed by atoms with Crippen LogP contribution in [0.15, 0.2) is 43.0 Å². The van der Waals surface area contributed by atoms with Crippen molar-refractivity contribution < 1.29 is 13.2 Å². The zero-order valence-corrected chi connectivity index (χ0v) is 26.6. The van der Waals surface area contributed by atoms with E-state index in [1.807, 2.05) is 37.0 Å². The van der Waals surface area contributed by atoms with Crippen LogP contribution in [-0.4, -0.2) is 60.8 Å². The molecule has 2 aromatic carbocycles. The molecule has 2 aromatic rings. The molecule has 0 radical (unpaired) electrons. The number of halogens is 3. The number of rotatable bonds is 11. The number of hydrogen-bond donors (Lipinski definition) is 0. The summed E-state index contributed by atoms with van der Waals surface area (Å²) < 4.78 is 47.2. The molecule has 0 aliphatic carbocycles. The Morgan fingerprint density at radius 3 is 2.33 bits per heavy atom. The molecule has 3 nitrogen and oxygen atoms in total. The van der Waals surface area contributed by atoms with Gasteiger partial charge in [-0.15, -0.1) is 6.58 Å². The van der Waals surface area contributed by atoms with Crippen LogP contribution in [0.2, 0.25) is 0 Å². The van der Waals surface area contributed by atoms with Gasteiger partial charge < -0.3 is 4.90 Å². The lowest BCUT2D eigenvalue weighted by Gasteiger charge is -2.44. The van der Waals surface area contributed by atoms with Gasteiger partial charge in [0.25, 0.3) is 0 Å². The Bertz CT molecular complexity index is 1160. The summed E-state index contributed by atoms with van der Waals surface area (Å²) in [4.78, 5) is 6.61. The Morgan fingerprint density at radius 1 is 1.07 bits per heavy atom. The number of alkyl halides is 1. The highest BCUT2D eigenvalue weighted by Crippen LogP contribution is 2.42. The van der Waals surface area contributed by atoms with Gasteiger partial charge in [-0.3, -0.25) is 9.80 Å². The van der Waals surface area contributed by atoms with Crippen molar-refractivity contribution >= 4 is 5.69 Å². The van der Waals surface area contributed by atoms with Crippen LogP contribution in [0.25, 0.3) is 0 Å². The maximum atomic E-state index is 16.1.